The third kappa shape index (κ3) is 5.93. The quantitative estimate of drug-likeness (QED) is 0.791. The molecule has 1 aliphatic heterocycles. The van der Waals surface area contributed by atoms with Crippen LogP contribution in [-0.2, 0) is 4.74 Å². The Kier molecular flexibility index (Phi) is 6.56. The molecule has 1 fully saturated rings. The van der Waals surface area contributed by atoms with Gasteiger partial charge in [0.15, 0.2) is 0 Å². The van der Waals surface area contributed by atoms with Crippen LogP contribution in [0.25, 0.3) is 5.69 Å². The highest BCUT2D eigenvalue weighted by atomic mass is 16.6. The molecule has 0 bridgehead atoms. The largest absolute Gasteiger partial charge is 0.444 e. The maximum atomic E-state index is 12.9. The summed E-state index contributed by atoms with van der Waals surface area (Å²) >= 11 is 0. The highest BCUT2D eigenvalue weighted by Crippen LogP contribution is 2.15. The van der Waals surface area contributed by atoms with Crippen molar-refractivity contribution in [1.82, 2.24) is 30.1 Å². The summed E-state index contributed by atoms with van der Waals surface area (Å²) in [6.45, 7) is 7.76. The molecule has 10 nitrogen and oxygen atoms in total. The number of ether oxygens (including phenoxy) is 1. The van der Waals surface area contributed by atoms with Crippen LogP contribution < -0.4 is 10.6 Å². The van der Waals surface area contributed by atoms with E-state index in [-0.39, 0.29) is 12.1 Å². The minimum absolute atomic E-state index is 0.161. The minimum Gasteiger partial charge on any atom is -0.444 e. The minimum atomic E-state index is -0.567. The Balaban J connectivity index is 1.60. The first kappa shape index (κ1) is 21.6. The van der Waals surface area contributed by atoms with Crippen LogP contribution in [0.4, 0.5) is 15.3 Å². The number of alkyl carbamates (subject to hydrolysis) is 1. The van der Waals surface area contributed by atoms with Gasteiger partial charge < -0.3 is 25.2 Å². The first-order valence-electron chi connectivity index (χ1n) is 9.91. The number of hydrogen-bond donors (Lipinski definition) is 2. The maximum Gasteiger partial charge on any atom is 0.407 e. The van der Waals surface area contributed by atoms with Gasteiger partial charge in [-0.25, -0.2) is 14.3 Å². The average Bonchev–Trinajstić information content (AvgIpc) is 3.20. The van der Waals surface area contributed by atoms with Gasteiger partial charge >= 0.3 is 12.1 Å². The Morgan fingerprint density at radius 2 is 1.93 bits per heavy atom. The number of carbonyl (C=O) groups is 2. The van der Waals surface area contributed by atoms with Gasteiger partial charge in [0.1, 0.15) is 5.60 Å². The van der Waals surface area contributed by atoms with Crippen LogP contribution in [-0.4, -0.2) is 81.8 Å². The molecule has 1 aromatic carbocycles. The summed E-state index contributed by atoms with van der Waals surface area (Å²) in [5, 5.41) is 13.4. The van der Waals surface area contributed by atoms with Crippen molar-refractivity contribution in [2.75, 3.05) is 38.5 Å². The fourth-order valence-electron chi connectivity index (χ4n) is 3.21. The molecule has 1 saturated heterocycles. The highest BCUT2D eigenvalue weighted by Gasteiger charge is 2.30. The summed E-state index contributed by atoms with van der Waals surface area (Å²) in [5.41, 5.74) is 0.967. The average molecular weight is 415 g/mol. The summed E-state index contributed by atoms with van der Waals surface area (Å²) in [7, 11) is 2.00. The van der Waals surface area contributed by atoms with E-state index >= 15 is 0 Å². The predicted octanol–water partition coefficient (Wildman–Crippen LogP) is 1.94. The second kappa shape index (κ2) is 9.12. The summed E-state index contributed by atoms with van der Waals surface area (Å²) in [6.07, 6.45) is 2.87. The number of urea groups is 1. The number of rotatable bonds is 4. The lowest BCUT2D eigenvalue weighted by Crippen LogP contribution is -2.58. The number of anilines is 1. The van der Waals surface area contributed by atoms with E-state index in [9.17, 15) is 9.59 Å². The topological polar surface area (TPSA) is 105 Å². The molecule has 30 heavy (non-hydrogen) atoms. The van der Waals surface area contributed by atoms with E-state index in [1.807, 2.05) is 52.1 Å². The molecule has 1 unspecified atom stereocenters. The number of benzene rings is 1. The lowest BCUT2D eigenvalue weighted by Gasteiger charge is -2.40. The van der Waals surface area contributed by atoms with Crippen LogP contribution in [0.5, 0.6) is 0 Å². The van der Waals surface area contributed by atoms with Crippen molar-refractivity contribution in [2.24, 2.45) is 0 Å². The Labute approximate surface area is 176 Å². The third-order valence-electron chi connectivity index (χ3n) is 4.63. The van der Waals surface area contributed by atoms with Crippen LogP contribution in [0, 0.1) is 0 Å². The first-order chi connectivity index (χ1) is 14.2. The van der Waals surface area contributed by atoms with Gasteiger partial charge in [0.25, 0.3) is 0 Å². The molecule has 3 rings (SSSR count). The smallest absolute Gasteiger partial charge is 0.407 e. The van der Waals surface area contributed by atoms with E-state index < -0.39 is 11.7 Å². The zero-order chi connectivity index (χ0) is 21.7. The molecule has 10 heteroatoms. The van der Waals surface area contributed by atoms with Crippen molar-refractivity contribution >= 4 is 17.8 Å². The number of nitrogens with one attached hydrogen (secondary N) is 2. The van der Waals surface area contributed by atoms with Gasteiger partial charge in [-0.3, -0.25) is 0 Å². The fourth-order valence-corrected chi connectivity index (χ4v) is 3.21. The summed E-state index contributed by atoms with van der Waals surface area (Å²) in [4.78, 5) is 28.8. The van der Waals surface area contributed by atoms with Crippen molar-refractivity contribution in [1.29, 1.82) is 0 Å². The molecule has 0 aliphatic carbocycles. The molecule has 1 aliphatic rings. The van der Waals surface area contributed by atoms with Gasteiger partial charge in [-0.2, -0.15) is 0 Å². The lowest BCUT2D eigenvalue weighted by atomic mass is 10.1. The molecule has 1 atom stereocenters. The van der Waals surface area contributed by atoms with E-state index in [0.29, 0.717) is 25.3 Å². The van der Waals surface area contributed by atoms with Gasteiger partial charge in [0.2, 0.25) is 0 Å². The number of likely N-dealkylation sites (N-methyl/N-ethyl adjacent to an activating group) is 1. The molecule has 2 heterocycles. The Hall–Kier alpha value is -3.14. The van der Waals surface area contributed by atoms with Gasteiger partial charge in [0.05, 0.1) is 24.1 Å². The Bertz CT molecular complexity index is 846. The van der Waals surface area contributed by atoms with E-state index in [4.69, 9.17) is 4.74 Å². The van der Waals surface area contributed by atoms with Crippen molar-refractivity contribution in [2.45, 2.75) is 32.4 Å². The molecule has 0 saturated carbocycles. The van der Waals surface area contributed by atoms with Crippen LogP contribution in [0.15, 0.2) is 36.7 Å². The monoisotopic (exact) mass is 415 g/mol. The van der Waals surface area contributed by atoms with Gasteiger partial charge in [-0.15, -0.1) is 5.10 Å². The van der Waals surface area contributed by atoms with E-state index in [1.165, 1.54) is 0 Å². The zero-order valence-electron chi connectivity index (χ0n) is 17.8. The van der Waals surface area contributed by atoms with Gasteiger partial charge in [-0.05, 0) is 52.1 Å². The zero-order valence-corrected chi connectivity index (χ0v) is 17.8. The molecule has 0 radical (unpaired) electrons. The molecule has 162 valence electrons. The second-order valence-electron chi connectivity index (χ2n) is 8.32. The molecule has 2 aromatic rings. The fraction of sp³-hybridized carbons (Fsp3) is 0.500. The number of carbonyl (C=O) groups excluding carboxylic acids is 2. The Morgan fingerprint density at radius 1 is 1.20 bits per heavy atom. The molecule has 2 N–H and O–H groups in total. The van der Waals surface area contributed by atoms with Crippen LogP contribution in [0.1, 0.15) is 20.8 Å². The van der Waals surface area contributed by atoms with Crippen LogP contribution in [0.2, 0.25) is 0 Å². The predicted molar refractivity (Wildman–Crippen MR) is 113 cm³/mol. The van der Waals surface area contributed by atoms with Crippen LogP contribution in [0.3, 0.4) is 0 Å². The number of aromatic nitrogens is 3. The number of piperazine rings is 1. The highest BCUT2D eigenvalue weighted by molar-refractivity contribution is 5.89. The Morgan fingerprint density at radius 3 is 2.57 bits per heavy atom. The first-order valence-corrected chi connectivity index (χ1v) is 9.91. The van der Waals surface area contributed by atoms with Crippen molar-refractivity contribution in [3.8, 4) is 5.69 Å². The van der Waals surface area contributed by atoms with E-state index in [1.54, 1.807) is 22.0 Å². The number of hydrogen-bond acceptors (Lipinski definition) is 6. The van der Waals surface area contributed by atoms with Crippen LogP contribution >= 0.6 is 0 Å². The van der Waals surface area contributed by atoms with E-state index in [2.05, 4.69) is 25.8 Å². The standard InChI is InChI=1S/C20H29N7O3/c1-20(2,3)30-19(29)21-13-17-14-25(4)11-12-26(17)18(28)23-15-5-7-16(8-6-15)27-10-9-22-24-27/h5-10,17H,11-14H2,1-4H3,(H,21,29)(H,23,28). The normalized spacial score (nSPS) is 17.5. The lowest BCUT2D eigenvalue weighted by molar-refractivity contribution is 0.0490. The SMILES string of the molecule is CN1CCN(C(=O)Nc2ccc(-n3ccnn3)cc2)C(CNC(=O)OC(C)(C)C)C1. The number of amides is 3. The van der Waals surface area contributed by atoms with Crippen molar-refractivity contribution in [3.05, 3.63) is 36.7 Å². The molecular weight excluding hydrogens is 386 g/mol. The van der Waals surface area contributed by atoms with Crippen molar-refractivity contribution < 1.29 is 14.3 Å². The summed E-state index contributed by atoms with van der Waals surface area (Å²) in [5.74, 6) is 0. The molecular formula is C20H29N7O3. The molecule has 0 spiro atoms. The maximum absolute atomic E-state index is 12.9. The third-order valence-corrected chi connectivity index (χ3v) is 4.63. The molecule has 1 aromatic heterocycles. The summed E-state index contributed by atoms with van der Waals surface area (Å²) < 4.78 is 6.94. The second-order valence-corrected chi connectivity index (χ2v) is 8.32. The summed E-state index contributed by atoms with van der Waals surface area (Å²) in [6, 6.07) is 6.99. The number of nitrogens with zero attached hydrogens (tertiary/aromatic N) is 5. The van der Waals surface area contributed by atoms with Gasteiger partial charge in [-0.1, -0.05) is 5.21 Å². The van der Waals surface area contributed by atoms with Gasteiger partial charge in [0, 0.05) is 31.9 Å². The van der Waals surface area contributed by atoms with Crippen molar-refractivity contribution in [3.63, 3.8) is 0 Å². The molecule has 3 amide bonds. The van der Waals surface area contributed by atoms with E-state index in [0.717, 1.165) is 12.2 Å².